The highest BCUT2D eigenvalue weighted by molar-refractivity contribution is 7.91. The first-order chi connectivity index (χ1) is 17.3. The smallest absolute Gasteiger partial charge is 0.178 e. The third-order valence-electron chi connectivity index (χ3n) is 6.25. The molecule has 0 saturated carbocycles. The first-order valence-corrected chi connectivity index (χ1v) is 14.7. The molecule has 36 heavy (non-hydrogen) atoms. The van der Waals surface area contributed by atoms with Gasteiger partial charge >= 0.3 is 0 Å². The van der Waals surface area contributed by atoms with Crippen LogP contribution < -0.4 is 0 Å². The second kappa shape index (κ2) is 11.8. The van der Waals surface area contributed by atoms with E-state index >= 15 is 4.39 Å². The number of aryl methyl sites for hydroxylation is 2. The van der Waals surface area contributed by atoms with Crippen molar-refractivity contribution in [1.82, 2.24) is 0 Å². The van der Waals surface area contributed by atoms with Gasteiger partial charge < -0.3 is 0 Å². The Labute approximate surface area is 215 Å². The third kappa shape index (κ3) is 6.37. The van der Waals surface area contributed by atoms with Crippen LogP contribution in [0, 0.1) is 12.8 Å². The molecule has 0 unspecified atom stereocenters. The molecule has 0 heterocycles. The van der Waals surface area contributed by atoms with E-state index in [0.717, 1.165) is 11.1 Å². The van der Waals surface area contributed by atoms with Crippen LogP contribution in [0.4, 0.5) is 4.39 Å². The fourth-order valence-electron chi connectivity index (χ4n) is 4.24. The van der Waals surface area contributed by atoms with E-state index in [1.807, 2.05) is 49.4 Å². The molecule has 186 valence electrons. The van der Waals surface area contributed by atoms with Gasteiger partial charge in [0.1, 0.15) is 6.17 Å². The van der Waals surface area contributed by atoms with E-state index in [9.17, 15) is 12.6 Å². The number of benzene rings is 4. The molecule has 0 N–H and O–H groups in total. The summed E-state index contributed by atoms with van der Waals surface area (Å²) in [6.07, 6.45) is -0.722. The normalized spacial score (nSPS) is 14.2. The maximum absolute atomic E-state index is 16.4. The van der Waals surface area contributed by atoms with E-state index in [1.165, 1.54) is 12.1 Å². The lowest BCUT2D eigenvalue weighted by atomic mass is 9.92. The number of rotatable bonds is 10. The second-order valence-corrected chi connectivity index (χ2v) is 12.4. The molecule has 0 amide bonds. The Hall–Kier alpha value is -3.09. The zero-order chi connectivity index (χ0) is 25.5. The highest BCUT2D eigenvalue weighted by Gasteiger charge is 2.31. The van der Waals surface area contributed by atoms with Crippen molar-refractivity contribution in [2.45, 2.75) is 40.6 Å². The fraction of sp³-hybridized carbons (Fsp3) is 0.200. The Morgan fingerprint density at radius 1 is 0.778 bits per heavy atom. The van der Waals surface area contributed by atoms with Crippen LogP contribution in [0.15, 0.2) is 124 Å². The summed E-state index contributed by atoms with van der Waals surface area (Å²) in [6, 6.07) is 31.8. The molecular weight excluding hydrogens is 491 g/mol. The zero-order valence-electron chi connectivity index (χ0n) is 20.1. The summed E-state index contributed by atoms with van der Waals surface area (Å²) in [6.45, 7) is 1.95. The van der Waals surface area contributed by atoms with Gasteiger partial charge in [0.2, 0.25) is 0 Å². The van der Waals surface area contributed by atoms with Crippen molar-refractivity contribution in [3.63, 3.8) is 0 Å². The average molecular weight is 521 g/mol. The van der Waals surface area contributed by atoms with Crippen molar-refractivity contribution in [1.29, 1.82) is 0 Å². The summed E-state index contributed by atoms with van der Waals surface area (Å²) in [5.41, 5.74) is 2.33. The molecule has 0 radical (unpaired) electrons. The van der Waals surface area contributed by atoms with Crippen LogP contribution in [0.25, 0.3) is 0 Å². The molecular formula is C30H29FO3S2. The third-order valence-corrected chi connectivity index (χ3v) is 9.58. The lowest BCUT2D eigenvalue weighted by Crippen LogP contribution is -2.22. The van der Waals surface area contributed by atoms with Gasteiger partial charge in [-0.2, -0.15) is 0 Å². The fourth-order valence-corrected chi connectivity index (χ4v) is 7.13. The van der Waals surface area contributed by atoms with Gasteiger partial charge in [-0.15, -0.1) is 0 Å². The largest absolute Gasteiger partial charge is 0.249 e. The van der Waals surface area contributed by atoms with Crippen molar-refractivity contribution in [2.75, 3.05) is 5.75 Å². The number of halogens is 1. The van der Waals surface area contributed by atoms with Gasteiger partial charge in [-0.3, -0.25) is 0 Å². The summed E-state index contributed by atoms with van der Waals surface area (Å²) in [7, 11) is -5.31. The average Bonchev–Trinajstić information content (AvgIpc) is 2.91. The first-order valence-electron chi connectivity index (χ1n) is 11.9. The van der Waals surface area contributed by atoms with E-state index in [-0.39, 0.29) is 16.2 Å². The second-order valence-electron chi connectivity index (χ2n) is 8.90. The number of alkyl halides is 1. The lowest BCUT2D eigenvalue weighted by Gasteiger charge is -2.23. The molecule has 3 nitrogen and oxygen atoms in total. The Morgan fingerprint density at radius 3 is 2.03 bits per heavy atom. The summed E-state index contributed by atoms with van der Waals surface area (Å²) >= 11 is 0. The van der Waals surface area contributed by atoms with Crippen LogP contribution >= 0.6 is 0 Å². The molecule has 0 saturated heterocycles. The quantitative estimate of drug-likeness (QED) is 0.229. The zero-order valence-corrected chi connectivity index (χ0v) is 21.7. The van der Waals surface area contributed by atoms with Gasteiger partial charge in [0.25, 0.3) is 0 Å². The molecule has 0 aliphatic carbocycles. The molecule has 4 aromatic rings. The topological polar surface area (TPSA) is 51.2 Å². The summed E-state index contributed by atoms with van der Waals surface area (Å²) < 4.78 is 56.2. The maximum atomic E-state index is 16.4. The van der Waals surface area contributed by atoms with E-state index in [0.29, 0.717) is 22.6 Å². The molecule has 0 bridgehead atoms. The highest BCUT2D eigenvalue weighted by Crippen LogP contribution is 2.36. The van der Waals surface area contributed by atoms with Gasteiger partial charge in [0.15, 0.2) is 9.84 Å². The molecule has 4 rings (SSSR count). The lowest BCUT2D eigenvalue weighted by molar-refractivity contribution is 0.234. The van der Waals surface area contributed by atoms with E-state index in [2.05, 4.69) is 0 Å². The number of hydrogen-bond donors (Lipinski definition) is 0. The molecule has 4 aromatic carbocycles. The maximum Gasteiger partial charge on any atom is 0.178 e. The molecule has 3 atom stereocenters. The van der Waals surface area contributed by atoms with Gasteiger partial charge in [0.05, 0.1) is 21.4 Å². The summed E-state index contributed by atoms with van der Waals surface area (Å²) in [4.78, 5) is 1.13. The molecule has 0 aromatic heterocycles. The molecule has 0 spiro atoms. The highest BCUT2D eigenvalue weighted by atomic mass is 32.2. The van der Waals surface area contributed by atoms with Crippen molar-refractivity contribution >= 4 is 20.6 Å². The predicted molar refractivity (Wildman–Crippen MR) is 143 cm³/mol. The van der Waals surface area contributed by atoms with Crippen molar-refractivity contribution in [2.24, 2.45) is 5.92 Å². The van der Waals surface area contributed by atoms with Crippen LogP contribution in [-0.4, -0.2) is 18.4 Å². The van der Waals surface area contributed by atoms with Crippen molar-refractivity contribution in [3.05, 3.63) is 126 Å². The Bertz CT molecular complexity index is 1400. The standard InChI is InChI=1S/C30H29FO3S2/c1-23-16-20-26(21-17-23)35(32)29-15-9-8-14-28(29)30(31)25(19-18-24-10-4-2-5-11-24)22-36(33,34)27-12-6-3-7-13-27/h2-17,20-21,25,30H,18-19,22H2,1H3/t25-,30+,35-/m0/s1. The first kappa shape index (κ1) is 26.0. The van der Waals surface area contributed by atoms with E-state index in [1.54, 1.807) is 54.6 Å². The predicted octanol–water partition coefficient (Wildman–Crippen LogP) is 6.90. The number of hydrogen-bond acceptors (Lipinski definition) is 3. The van der Waals surface area contributed by atoms with Crippen molar-refractivity contribution < 1.29 is 17.0 Å². The van der Waals surface area contributed by atoms with Crippen LogP contribution in [0.1, 0.15) is 29.3 Å². The van der Waals surface area contributed by atoms with E-state index in [4.69, 9.17) is 0 Å². The molecule has 0 aliphatic heterocycles. The molecule has 0 aliphatic rings. The minimum atomic E-state index is -3.72. The monoisotopic (exact) mass is 520 g/mol. The minimum Gasteiger partial charge on any atom is -0.249 e. The SMILES string of the molecule is Cc1ccc([S@](=O)c2ccccc2[C@H](F)[C@@H](CCc2ccccc2)CS(=O)(=O)c2ccccc2)cc1. The van der Waals surface area contributed by atoms with Crippen LogP contribution in [0.2, 0.25) is 0 Å². The van der Waals surface area contributed by atoms with Crippen LogP contribution in [0.3, 0.4) is 0 Å². The summed E-state index contributed by atoms with van der Waals surface area (Å²) in [5.74, 6) is -1.15. The van der Waals surface area contributed by atoms with E-state index < -0.39 is 32.7 Å². The van der Waals surface area contributed by atoms with Crippen LogP contribution in [-0.2, 0) is 27.1 Å². The van der Waals surface area contributed by atoms with Gasteiger partial charge in [-0.05, 0) is 55.7 Å². The number of sulfone groups is 1. The van der Waals surface area contributed by atoms with Crippen molar-refractivity contribution in [3.8, 4) is 0 Å². The van der Waals surface area contributed by atoms with Gasteiger partial charge in [0, 0.05) is 21.3 Å². The summed E-state index contributed by atoms with van der Waals surface area (Å²) in [5, 5.41) is 0. The Kier molecular flexibility index (Phi) is 8.49. The Balaban J connectivity index is 1.67. The van der Waals surface area contributed by atoms with Gasteiger partial charge in [-0.1, -0.05) is 84.4 Å². The molecule has 6 heteroatoms. The Morgan fingerprint density at radius 2 is 1.36 bits per heavy atom. The van der Waals surface area contributed by atoms with Crippen LogP contribution in [0.5, 0.6) is 0 Å². The minimum absolute atomic E-state index is 0.179. The van der Waals surface area contributed by atoms with Gasteiger partial charge in [-0.25, -0.2) is 17.0 Å². The molecule has 0 fully saturated rings.